The first-order valence-electron chi connectivity index (χ1n) is 43.8. The van der Waals surface area contributed by atoms with Crippen molar-refractivity contribution in [2.45, 2.75) is 445 Å². The molecule has 0 fully saturated rings. The van der Waals surface area contributed by atoms with E-state index >= 15 is 0 Å². The zero-order valence-electron chi connectivity index (χ0n) is 65.1. The van der Waals surface area contributed by atoms with Crippen molar-refractivity contribution in [3.63, 3.8) is 0 Å². The van der Waals surface area contributed by atoms with Gasteiger partial charge in [0.1, 0.15) is 24.4 Å². The Balaban J connectivity index is 1.48. The van der Waals surface area contributed by atoms with Gasteiger partial charge in [-0.3, -0.25) is 0 Å². The van der Waals surface area contributed by atoms with Gasteiger partial charge in [0.15, 0.2) is 6.29 Å². The minimum Gasteiger partial charge on any atom is -0.456 e. The fourth-order valence-electron chi connectivity index (χ4n) is 15.6. The van der Waals surface area contributed by atoms with Crippen molar-refractivity contribution in [2.24, 2.45) is 0 Å². The van der Waals surface area contributed by atoms with Crippen molar-refractivity contribution >= 4 is 16.7 Å². The fraction of sp³-hybridized carbons (Fsp3) is 0.793. The maximum atomic E-state index is 10.9. The van der Waals surface area contributed by atoms with Gasteiger partial charge in [-0.05, 0) is 49.4 Å². The molecule has 2 aliphatic rings. The van der Waals surface area contributed by atoms with Crippen LogP contribution in [0.2, 0.25) is 0 Å². The molecule has 2 aromatic rings. The molecule has 0 aromatic heterocycles. The van der Waals surface area contributed by atoms with Gasteiger partial charge in [-0.1, -0.05) is 424 Å². The number of hydrogen-bond acceptors (Lipinski definition) is 4. The third kappa shape index (κ3) is 42.8. The Labute approximate surface area is 602 Å². The lowest BCUT2D eigenvalue weighted by Crippen LogP contribution is -2.32. The van der Waals surface area contributed by atoms with Crippen molar-refractivity contribution in [2.75, 3.05) is 31.1 Å². The summed E-state index contributed by atoms with van der Waals surface area (Å²) in [5, 5.41) is 24.1. The van der Waals surface area contributed by atoms with E-state index in [1.807, 2.05) is 18.2 Å². The van der Waals surface area contributed by atoms with Gasteiger partial charge in [-0.2, -0.15) is 0 Å². The average molecular weight is 1340 g/mol. The van der Waals surface area contributed by atoms with Crippen LogP contribution in [-0.4, -0.2) is 36.4 Å². The van der Waals surface area contributed by atoms with Crippen LogP contribution in [0.3, 0.4) is 0 Å². The van der Waals surface area contributed by atoms with E-state index in [4.69, 9.17) is 4.42 Å². The zero-order chi connectivity index (χ0) is 68.8. The molecule has 0 bridgehead atoms. The number of hydrogen-bond donors (Lipinski definition) is 2. The Kier molecular flexibility index (Phi) is 55.7. The number of unbranched alkanes of at least 4 members (excludes halogenated alkanes) is 60. The minimum absolute atomic E-state index is 0.534. The second-order valence-electron chi connectivity index (χ2n) is 31.0. The molecule has 0 saturated heterocycles. The summed E-state index contributed by atoms with van der Waals surface area (Å²) in [4.78, 5) is 2.69. The lowest BCUT2D eigenvalue weighted by atomic mass is 9.90. The van der Waals surface area contributed by atoms with Gasteiger partial charge >= 0.3 is 0 Å². The first kappa shape index (κ1) is 86.3. The van der Waals surface area contributed by atoms with Crippen molar-refractivity contribution in [3.8, 4) is 22.5 Å². The van der Waals surface area contributed by atoms with E-state index in [1.54, 1.807) is 0 Å². The molecular formula is C92H161N2O3+. The summed E-state index contributed by atoms with van der Waals surface area (Å²) in [7, 11) is 0. The van der Waals surface area contributed by atoms with Gasteiger partial charge in [-0.25, -0.2) is 4.58 Å². The minimum atomic E-state index is -1.58. The molecule has 0 unspecified atom stereocenters. The van der Waals surface area contributed by atoms with Crippen LogP contribution in [0.5, 0.6) is 0 Å². The summed E-state index contributed by atoms with van der Waals surface area (Å²) in [5.41, 5.74) is 5.59. The Morgan fingerprint density at radius 2 is 0.608 bits per heavy atom. The molecule has 1 heterocycles. The van der Waals surface area contributed by atoms with Gasteiger partial charge in [0.25, 0.3) is 0 Å². The van der Waals surface area contributed by atoms with Crippen LogP contribution in [0.25, 0.3) is 33.4 Å². The van der Waals surface area contributed by atoms with Gasteiger partial charge in [0, 0.05) is 65.8 Å². The first-order valence-corrected chi connectivity index (χ1v) is 43.8. The third-order valence-electron chi connectivity index (χ3n) is 22.1. The van der Waals surface area contributed by atoms with Crippen LogP contribution in [0.1, 0.15) is 450 Å². The van der Waals surface area contributed by atoms with Crippen LogP contribution in [0.15, 0.2) is 65.1 Å². The molecule has 4 rings (SSSR count). The predicted octanol–water partition coefficient (Wildman–Crippen LogP) is 29.8. The SMILES string of the molecule is CCCCCCCCCCCCCCCCCCN(CCCCCCCCCCCCCCCCCC)c1ccc2c(-c3ccccc3C(O)O)c3ccc(=[N+](CCCCCCCCCCCCCCCCCC)CCCCCCCCCCCCCCCCCC)cc-3oc2c1. The molecule has 2 N–H and O–H groups in total. The number of anilines is 1. The summed E-state index contributed by atoms with van der Waals surface area (Å²) in [6, 6.07) is 21.9. The first-order chi connectivity index (χ1) is 48.0. The molecule has 0 amide bonds. The molecule has 1 aliphatic carbocycles. The number of fused-ring (bicyclic) bond motifs is 2. The largest absolute Gasteiger partial charge is 0.456 e. The molecule has 1 aliphatic heterocycles. The lowest BCUT2D eigenvalue weighted by Gasteiger charge is -2.26. The molecule has 2 aromatic carbocycles. The molecule has 5 nitrogen and oxygen atoms in total. The number of aliphatic hydroxyl groups excluding tert-OH is 1. The highest BCUT2D eigenvalue weighted by Gasteiger charge is 2.23. The maximum Gasteiger partial charge on any atom is 0.203 e. The number of benzene rings is 3. The van der Waals surface area contributed by atoms with Gasteiger partial charge in [0.05, 0.1) is 6.07 Å². The van der Waals surface area contributed by atoms with Crippen LogP contribution in [-0.2, 0) is 0 Å². The van der Waals surface area contributed by atoms with Gasteiger partial charge in [0.2, 0.25) is 5.36 Å². The van der Waals surface area contributed by atoms with Crippen molar-refractivity contribution in [1.29, 1.82) is 0 Å². The highest BCUT2D eigenvalue weighted by atomic mass is 16.5. The van der Waals surface area contributed by atoms with E-state index in [0.717, 1.165) is 59.6 Å². The van der Waals surface area contributed by atoms with E-state index < -0.39 is 6.29 Å². The number of nitrogens with zero attached hydrogens (tertiary/aromatic N) is 2. The van der Waals surface area contributed by atoms with Crippen molar-refractivity contribution in [1.82, 2.24) is 4.58 Å². The quantitative estimate of drug-likeness (QED) is 0.0200. The average Bonchev–Trinajstić information content (AvgIpc) is 0.749. The second kappa shape index (κ2) is 62.6. The molecular weight excluding hydrogens is 1180 g/mol. The summed E-state index contributed by atoms with van der Waals surface area (Å²) < 4.78 is 9.94. The lowest BCUT2D eigenvalue weighted by molar-refractivity contribution is -0.0420. The molecule has 556 valence electrons. The molecule has 97 heavy (non-hydrogen) atoms. The van der Waals surface area contributed by atoms with Crippen LogP contribution < -0.4 is 14.8 Å². The highest BCUT2D eigenvalue weighted by Crippen LogP contribution is 2.43. The number of aliphatic hydroxyl groups is 2. The summed E-state index contributed by atoms with van der Waals surface area (Å²) in [5.74, 6) is 0.880. The molecule has 0 atom stereocenters. The smallest absolute Gasteiger partial charge is 0.203 e. The Morgan fingerprint density at radius 3 is 0.928 bits per heavy atom. The zero-order valence-corrected chi connectivity index (χ0v) is 65.1. The Hall–Kier alpha value is -3.15. The standard InChI is InChI=1S/C92H161N2O3/c1-5-9-13-17-21-25-29-33-37-41-45-49-53-57-61-67-77-93(78-68-62-58-54-50-46-42-38-34-30-26-22-18-14-10-6-2)83-73-75-87-89(81-83)97-90-82-84(74-76-88(90)91(87)85-71-65-66-72-86(85)92(95)96)94(79-69-63-59-55-51-47-43-39-35-31-27-23-19-15-11-7-3)80-70-64-60-56-52-48-44-40-36-32-28-24-20-16-12-8-4/h65-66,71-76,81-82,92,95-96H,5-64,67-70,77-80H2,1-4H3/q+1. The highest BCUT2D eigenvalue weighted by molar-refractivity contribution is 6.03. The molecule has 0 saturated carbocycles. The van der Waals surface area contributed by atoms with E-state index in [1.165, 1.54) is 422 Å². The topological polar surface area (TPSA) is 59.9 Å². The number of rotatable bonds is 71. The monoisotopic (exact) mass is 1340 g/mol. The van der Waals surface area contributed by atoms with Gasteiger partial charge < -0.3 is 19.5 Å². The molecule has 5 heteroatoms. The summed E-state index contributed by atoms with van der Waals surface area (Å²) in [6.07, 6.45) is 87.2. The van der Waals surface area contributed by atoms with Gasteiger partial charge in [-0.15, -0.1) is 0 Å². The van der Waals surface area contributed by atoms with E-state index in [9.17, 15) is 10.2 Å². The third-order valence-corrected chi connectivity index (χ3v) is 22.1. The van der Waals surface area contributed by atoms with Crippen molar-refractivity contribution in [3.05, 3.63) is 71.6 Å². The van der Waals surface area contributed by atoms with Crippen LogP contribution in [0, 0.1) is 0 Å². The molecule has 0 radical (unpaired) electrons. The van der Waals surface area contributed by atoms with E-state index in [-0.39, 0.29) is 0 Å². The van der Waals surface area contributed by atoms with E-state index in [2.05, 4.69) is 79.6 Å². The Morgan fingerprint density at radius 1 is 0.309 bits per heavy atom. The van der Waals surface area contributed by atoms with Crippen molar-refractivity contribution < 1.29 is 14.6 Å². The van der Waals surface area contributed by atoms with Crippen LogP contribution in [0.4, 0.5) is 5.69 Å². The molecule has 0 spiro atoms. The normalized spacial score (nSPS) is 11.8. The fourth-order valence-corrected chi connectivity index (χ4v) is 15.6. The van der Waals surface area contributed by atoms with Crippen LogP contribution >= 0.6 is 0 Å². The second-order valence-corrected chi connectivity index (χ2v) is 31.0. The predicted molar refractivity (Wildman–Crippen MR) is 431 cm³/mol. The summed E-state index contributed by atoms with van der Waals surface area (Å²) in [6.45, 7) is 13.5. The van der Waals surface area contributed by atoms with E-state index in [0.29, 0.717) is 5.56 Å². The summed E-state index contributed by atoms with van der Waals surface area (Å²) >= 11 is 0. The Bertz CT molecular complexity index is 2330. The maximum absolute atomic E-state index is 10.9.